The van der Waals surface area contributed by atoms with Gasteiger partial charge in [0.1, 0.15) is 12.4 Å². The molecule has 1 N–H and O–H groups in total. The molecule has 4 nitrogen and oxygen atoms in total. The zero-order valence-electron chi connectivity index (χ0n) is 16.6. The lowest BCUT2D eigenvalue weighted by molar-refractivity contribution is -0.122. The molecule has 6 rings (SSSR count). The quantitative estimate of drug-likeness (QED) is 0.583. The van der Waals surface area contributed by atoms with Crippen LogP contribution in [0.1, 0.15) is 54.4 Å². The maximum absolute atomic E-state index is 12.8. The second-order valence-electron chi connectivity index (χ2n) is 9.28. The van der Waals surface area contributed by atoms with E-state index in [9.17, 15) is 9.59 Å². The highest BCUT2D eigenvalue weighted by Gasteiger charge is 2.51. The van der Waals surface area contributed by atoms with E-state index < -0.39 is 11.7 Å². The second-order valence-corrected chi connectivity index (χ2v) is 9.28. The monoisotopic (exact) mass is 389 g/mol. The van der Waals surface area contributed by atoms with Crippen LogP contribution in [0, 0.1) is 17.8 Å². The molecule has 4 bridgehead atoms. The van der Waals surface area contributed by atoms with E-state index in [2.05, 4.69) is 5.32 Å². The van der Waals surface area contributed by atoms with Crippen molar-refractivity contribution in [1.82, 2.24) is 5.32 Å². The first kappa shape index (κ1) is 18.4. The van der Waals surface area contributed by atoms with E-state index in [0.717, 1.165) is 42.6 Å². The van der Waals surface area contributed by atoms with Gasteiger partial charge < -0.3 is 10.1 Å². The lowest BCUT2D eigenvalue weighted by atomic mass is 9.53. The molecule has 150 valence electrons. The maximum atomic E-state index is 12.8. The maximum Gasteiger partial charge on any atom is 0.292 e. The van der Waals surface area contributed by atoms with Gasteiger partial charge in [0.25, 0.3) is 5.91 Å². The third kappa shape index (κ3) is 3.81. The molecule has 0 atom stereocenters. The van der Waals surface area contributed by atoms with Gasteiger partial charge in [-0.25, -0.2) is 0 Å². The summed E-state index contributed by atoms with van der Waals surface area (Å²) in [6.07, 6.45) is 7.05. The fourth-order valence-electron chi connectivity index (χ4n) is 6.16. The molecule has 2 aromatic carbocycles. The van der Waals surface area contributed by atoms with Gasteiger partial charge in [-0.1, -0.05) is 42.5 Å². The van der Waals surface area contributed by atoms with E-state index in [1.807, 2.05) is 36.4 Å². The predicted molar refractivity (Wildman–Crippen MR) is 111 cm³/mol. The fourth-order valence-corrected chi connectivity index (χ4v) is 6.16. The number of Topliss-reactive ketones (excluding diaryl/α,β-unsaturated/α-hetero) is 1. The largest absolute Gasteiger partial charge is 0.489 e. The summed E-state index contributed by atoms with van der Waals surface area (Å²) in [5, 5.41) is 3.17. The number of hydrogen-bond donors (Lipinski definition) is 1. The number of ketones is 1. The Morgan fingerprint density at radius 1 is 0.897 bits per heavy atom. The highest BCUT2D eigenvalue weighted by atomic mass is 16.5. The average Bonchev–Trinajstić information content (AvgIpc) is 2.71. The van der Waals surface area contributed by atoms with Crippen LogP contribution in [-0.2, 0) is 11.4 Å². The van der Waals surface area contributed by atoms with Crippen LogP contribution in [0.15, 0.2) is 54.6 Å². The van der Waals surface area contributed by atoms with Crippen LogP contribution in [0.5, 0.6) is 5.75 Å². The van der Waals surface area contributed by atoms with E-state index in [0.29, 0.717) is 17.9 Å². The first-order chi connectivity index (χ1) is 14.1. The molecule has 0 spiro atoms. The van der Waals surface area contributed by atoms with Gasteiger partial charge >= 0.3 is 0 Å². The lowest BCUT2D eigenvalue weighted by Gasteiger charge is -2.56. The summed E-state index contributed by atoms with van der Waals surface area (Å²) >= 11 is 0. The molecule has 0 unspecified atom stereocenters. The molecule has 29 heavy (non-hydrogen) atoms. The molecule has 4 heteroatoms. The van der Waals surface area contributed by atoms with Crippen molar-refractivity contribution in [2.75, 3.05) is 0 Å². The Balaban J connectivity index is 1.25. The van der Waals surface area contributed by atoms with Crippen molar-refractivity contribution in [3.63, 3.8) is 0 Å². The normalized spacial score (nSPS) is 29.4. The Morgan fingerprint density at radius 2 is 1.55 bits per heavy atom. The second kappa shape index (κ2) is 7.33. The molecule has 4 saturated carbocycles. The minimum absolute atomic E-state index is 0.150. The number of carbonyl (C=O) groups excluding carboxylic acids is 2. The van der Waals surface area contributed by atoms with Crippen molar-refractivity contribution >= 4 is 11.7 Å². The van der Waals surface area contributed by atoms with E-state index in [-0.39, 0.29) is 5.54 Å². The Morgan fingerprint density at radius 3 is 2.21 bits per heavy atom. The highest BCUT2D eigenvalue weighted by Crippen LogP contribution is 2.55. The summed E-state index contributed by atoms with van der Waals surface area (Å²) in [6.45, 7) is 0.429. The van der Waals surface area contributed by atoms with E-state index in [4.69, 9.17) is 4.74 Å². The molecule has 2 aromatic rings. The SMILES string of the molecule is O=C(NC12CC3CC(CC(C3)C1)C2)C(=O)c1cccc(OCc2ccccc2)c1. The van der Waals surface area contributed by atoms with Crippen molar-refractivity contribution in [2.45, 2.75) is 50.7 Å². The van der Waals surface area contributed by atoms with Gasteiger partial charge in [0.2, 0.25) is 5.78 Å². The standard InChI is InChI=1S/C25H27NO3/c27-23(21-7-4-8-22(12-21)29-16-17-5-2-1-3-6-17)24(28)26-25-13-18-9-19(14-25)11-20(10-18)15-25/h1-8,12,18-20H,9-11,13-16H2,(H,26,28). The molecule has 0 radical (unpaired) electrons. The average molecular weight is 389 g/mol. The van der Waals surface area contributed by atoms with Gasteiger partial charge in [-0.3, -0.25) is 9.59 Å². The highest BCUT2D eigenvalue weighted by molar-refractivity contribution is 6.43. The number of nitrogens with one attached hydrogen (secondary N) is 1. The van der Waals surface area contributed by atoms with Crippen LogP contribution in [0.2, 0.25) is 0 Å². The molecule has 1 amide bonds. The summed E-state index contributed by atoms with van der Waals surface area (Å²) in [6, 6.07) is 16.8. The van der Waals surface area contributed by atoms with Crippen molar-refractivity contribution in [2.24, 2.45) is 17.8 Å². The van der Waals surface area contributed by atoms with Crippen molar-refractivity contribution < 1.29 is 14.3 Å². The molecule has 0 aliphatic heterocycles. The smallest absolute Gasteiger partial charge is 0.292 e. The third-order valence-electron chi connectivity index (χ3n) is 6.97. The summed E-state index contributed by atoms with van der Waals surface area (Å²) in [5.74, 6) is 1.85. The van der Waals surface area contributed by atoms with Crippen molar-refractivity contribution in [3.8, 4) is 5.75 Å². The summed E-state index contributed by atoms with van der Waals surface area (Å²) in [5.41, 5.74) is 1.30. The van der Waals surface area contributed by atoms with Gasteiger partial charge in [0.15, 0.2) is 0 Å². The fraction of sp³-hybridized carbons (Fsp3) is 0.440. The number of rotatable bonds is 6. The van der Waals surface area contributed by atoms with E-state index in [1.165, 1.54) is 19.3 Å². The Kier molecular flexibility index (Phi) is 4.65. The van der Waals surface area contributed by atoms with E-state index in [1.54, 1.807) is 18.2 Å². The van der Waals surface area contributed by atoms with Crippen LogP contribution < -0.4 is 10.1 Å². The first-order valence-corrected chi connectivity index (χ1v) is 10.7. The minimum atomic E-state index is -0.467. The predicted octanol–water partition coefficient (Wildman–Crippen LogP) is 4.53. The Bertz CT molecular complexity index is 885. The molecular weight excluding hydrogens is 362 g/mol. The summed E-state index contributed by atoms with van der Waals surface area (Å²) < 4.78 is 5.81. The third-order valence-corrected chi connectivity index (χ3v) is 6.97. The van der Waals surface area contributed by atoms with Gasteiger partial charge in [-0.15, -0.1) is 0 Å². The van der Waals surface area contributed by atoms with Gasteiger partial charge in [0, 0.05) is 11.1 Å². The molecule has 0 saturated heterocycles. The lowest BCUT2D eigenvalue weighted by Crippen LogP contribution is -2.60. The van der Waals surface area contributed by atoms with Crippen LogP contribution in [0.3, 0.4) is 0 Å². The van der Waals surface area contributed by atoms with Crippen LogP contribution in [0.25, 0.3) is 0 Å². The number of benzene rings is 2. The van der Waals surface area contributed by atoms with Gasteiger partial charge in [-0.05, 0) is 74.0 Å². The topological polar surface area (TPSA) is 55.4 Å². The minimum Gasteiger partial charge on any atom is -0.489 e. The van der Waals surface area contributed by atoms with Crippen molar-refractivity contribution in [1.29, 1.82) is 0 Å². The summed E-state index contributed by atoms with van der Waals surface area (Å²) in [4.78, 5) is 25.6. The van der Waals surface area contributed by atoms with Crippen LogP contribution in [-0.4, -0.2) is 17.2 Å². The number of amides is 1. The van der Waals surface area contributed by atoms with Crippen molar-refractivity contribution in [3.05, 3.63) is 65.7 Å². The first-order valence-electron chi connectivity index (χ1n) is 10.7. The number of ether oxygens (including phenoxy) is 1. The van der Waals surface area contributed by atoms with Crippen LogP contribution in [0.4, 0.5) is 0 Å². The van der Waals surface area contributed by atoms with Gasteiger partial charge in [0.05, 0.1) is 0 Å². The molecule has 4 aliphatic rings. The van der Waals surface area contributed by atoms with Crippen LogP contribution >= 0.6 is 0 Å². The number of hydrogen-bond acceptors (Lipinski definition) is 3. The molecule has 4 fully saturated rings. The molecule has 0 heterocycles. The molecule has 0 aromatic heterocycles. The zero-order chi connectivity index (χ0) is 19.8. The number of carbonyl (C=O) groups is 2. The molecular formula is C25H27NO3. The Labute approximate surface area is 171 Å². The summed E-state index contributed by atoms with van der Waals surface area (Å²) in [7, 11) is 0. The Hall–Kier alpha value is -2.62. The molecule has 4 aliphatic carbocycles. The zero-order valence-corrected chi connectivity index (χ0v) is 16.6. The van der Waals surface area contributed by atoms with E-state index >= 15 is 0 Å². The van der Waals surface area contributed by atoms with Gasteiger partial charge in [-0.2, -0.15) is 0 Å².